The molecule has 5 nitrogen and oxygen atoms in total. The Hall–Kier alpha value is -2.04. The fraction of sp³-hybridized carbons (Fsp3) is 0.467. The van der Waals surface area contributed by atoms with Gasteiger partial charge in [0, 0.05) is 32.4 Å². The maximum Gasteiger partial charge on any atom is 0.338 e. The quantitative estimate of drug-likeness (QED) is 0.779. The number of carbonyl (C=O) groups is 2. The van der Waals surface area contributed by atoms with Gasteiger partial charge >= 0.3 is 5.97 Å². The van der Waals surface area contributed by atoms with Gasteiger partial charge in [-0.1, -0.05) is 0 Å². The smallest absolute Gasteiger partial charge is 0.338 e. The number of likely N-dealkylation sites (tertiary alicyclic amines) is 1. The highest BCUT2D eigenvalue weighted by Gasteiger charge is 2.28. The molecular weight excluding hydrogens is 258 g/mol. The van der Waals surface area contributed by atoms with Gasteiger partial charge in [-0.3, -0.25) is 4.79 Å². The molecule has 1 atom stereocenters. The first-order valence-electron chi connectivity index (χ1n) is 6.80. The minimum Gasteiger partial charge on any atom is -0.493 e. The van der Waals surface area contributed by atoms with E-state index in [1.807, 2.05) is 12.1 Å². The third-order valence-electron chi connectivity index (χ3n) is 3.80. The van der Waals surface area contributed by atoms with Gasteiger partial charge in [0.15, 0.2) is 0 Å². The molecule has 0 aliphatic carbocycles. The van der Waals surface area contributed by atoms with Crippen LogP contribution < -0.4 is 4.74 Å². The molecule has 1 aromatic carbocycles. The Labute approximate surface area is 117 Å². The maximum absolute atomic E-state index is 12.0. The molecule has 2 aliphatic rings. The number of fused-ring (bicyclic) bond motifs is 1. The molecule has 1 fully saturated rings. The molecule has 0 spiro atoms. The second-order valence-electron chi connectivity index (χ2n) is 5.36. The van der Waals surface area contributed by atoms with Crippen molar-refractivity contribution < 1.29 is 19.1 Å². The molecule has 0 unspecified atom stereocenters. The van der Waals surface area contributed by atoms with Gasteiger partial charge in [0.25, 0.3) is 0 Å². The van der Waals surface area contributed by atoms with E-state index in [0.29, 0.717) is 31.7 Å². The van der Waals surface area contributed by atoms with Crippen molar-refractivity contribution in [2.75, 3.05) is 26.8 Å². The summed E-state index contributed by atoms with van der Waals surface area (Å²) in [4.78, 5) is 25.1. The molecule has 1 saturated heterocycles. The molecule has 0 radical (unpaired) electrons. The van der Waals surface area contributed by atoms with Crippen LogP contribution in [-0.2, 0) is 16.0 Å². The van der Waals surface area contributed by atoms with Crippen LogP contribution in [-0.4, -0.2) is 43.6 Å². The fourth-order valence-corrected chi connectivity index (χ4v) is 2.66. The lowest BCUT2D eigenvalue weighted by molar-refractivity contribution is -0.126. The number of nitrogens with zero attached hydrogens (tertiary/aromatic N) is 1. The van der Waals surface area contributed by atoms with Gasteiger partial charge < -0.3 is 14.4 Å². The molecule has 0 saturated carbocycles. The van der Waals surface area contributed by atoms with Gasteiger partial charge in [-0.15, -0.1) is 0 Å². The maximum atomic E-state index is 12.0. The second-order valence-corrected chi connectivity index (χ2v) is 5.36. The zero-order valence-electron chi connectivity index (χ0n) is 11.4. The molecule has 0 aromatic heterocycles. The van der Waals surface area contributed by atoms with Crippen LogP contribution in [0.3, 0.4) is 0 Å². The van der Waals surface area contributed by atoms with Gasteiger partial charge in [0.2, 0.25) is 5.91 Å². The van der Waals surface area contributed by atoms with Gasteiger partial charge in [-0.05, 0) is 23.8 Å². The van der Waals surface area contributed by atoms with E-state index >= 15 is 0 Å². The van der Waals surface area contributed by atoms with E-state index in [1.165, 1.54) is 0 Å². The first-order chi connectivity index (χ1) is 9.63. The SMILES string of the molecule is CN1C[C@@H](COC(=O)c2ccc3c(c2)CCO3)CC1=O. The summed E-state index contributed by atoms with van der Waals surface area (Å²) in [6, 6.07) is 5.36. The van der Waals surface area contributed by atoms with E-state index in [9.17, 15) is 9.59 Å². The zero-order valence-corrected chi connectivity index (χ0v) is 11.4. The number of hydrogen-bond acceptors (Lipinski definition) is 4. The summed E-state index contributed by atoms with van der Waals surface area (Å²) in [6.07, 6.45) is 1.29. The number of benzene rings is 1. The van der Waals surface area contributed by atoms with E-state index in [-0.39, 0.29) is 17.8 Å². The van der Waals surface area contributed by atoms with Crippen LogP contribution in [0.2, 0.25) is 0 Å². The van der Waals surface area contributed by atoms with Crippen LogP contribution in [0, 0.1) is 5.92 Å². The molecule has 1 aromatic rings. The van der Waals surface area contributed by atoms with Crippen molar-refractivity contribution >= 4 is 11.9 Å². The molecule has 106 valence electrons. The second kappa shape index (κ2) is 5.15. The number of carbonyl (C=O) groups excluding carboxylic acids is 2. The fourth-order valence-electron chi connectivity index (χ4n) is 2.66. The number of esters is 1. The Morgan fingerprint density at radius 2 is 2.35 bits per heavy atom. The topological polar surface area (TPSA) is 55.8 Å². The average molecular weight is 275 g/mol. The highest BCUT2D eigenvalue weighted by Crippen LogP contribution is 2.26. The summed E-state index contributed by atoms with van der Waals surface area (Å²) in [6.45, 7) is 1.62. The van der Waals surface area contributed by atoms with E-state index < -0.39 is 0 Å². The molecular formula is C15H17NO4. The number of rotatable bonds is 3. The third-order valence-corrected chi connectivity index (χ3v) is 3.80. The predicted octanol–water partition coefficient (Wildman–Crippen LogP) is 1.26. The lowest BCUT2D eigenvalue weighted by Gasteiger charge is -2.11. The largest absolute Gasteiger partial charge is 0.493 e. The van der Waals surface area contributed by atoms with Crippen LogP contribution in [0.5, 0.6) is 5.75 Å². The van der Waals surface area contributed by atoms with Crippen molar-refractivity contribution in [3.05, 3.63) is 29.3 Å². The van der Waals surface area contributed by atoms with Gasteiger partial charge in [0.05, 0.1) is 18.8 Å². The lowest BCUT2D eigenvalue weighted by atomic mass is 10.1. The monoisotopic (exact) mass is 275 g/mol. The van der Waals surface area contributed by atoms with Crippen LogP contribution >= 0.6 is 0 Å². The summed E-state index contributed by atoms with van der Waals surface area (Å²) in [5.41, 5.74) is 1.60. The highest BCUT2D eigenvalue weighted by molar-refractivity contribution is 5.90. The molecule has 2 heterocycles. The van der Waals surface area contributed by atoms with E-state index in [0.717, 1.165) is 17.7 Å². The highest BCUT2D eigenvalue weighted by atomic mass is 16.5. The zero-order chi connectivity index (χ0) is 14.1. The normalized spacial score (nSPS) is 20.8. The van der Waals surface area contributed by atoms with Crippen LogP contribution in [0.25, 0.3) is 0 Å². The summed E-state index contributed by atoms with van der Waals surface area (Å²) in [5.74, 6) is 0.737. The van der Waals surface area contributed by atoms with Crippen LogP contribution in [0.15, 0.2) is 18.2 Å². The first kappa shape index (κ1) is 13.0. The third kappa shape index (κ3) is 2.48. The van der Waals surface area contributed by atoms with Crippen molar-refractivity contribution in [3.8, 4) is 5.75 Å². The van der Waals surface area contributed by atoms with Crippen LogP contribution in [0.4, 0.5) is 0 Å². The van der Waals surface area contributed by atoms with Crippen molar-refractivity contribution in [2.45, 2.75) is 12.8 Å². The molecule has 0 N–H and O–H groups in total. The molecule has 2 aliphatic heterocycles. The van der Waals surface area contributed by atoms with Crippen molar-refractivity contribution in [1.29, 1.82) is 0 Å². The minimum atomic E-state index is -0.332. The van der Waals surface area contributed by atoms with Crippen molar-refractivity contribution in [3.63, 3.8) is 0 Å². The summed E-state index contributed by atoms with van der Waals surface area (Å²) < 4.78 is 10.7. The van der Waals surface area contributed by atoms with Gasteiger partial charge in [-0.25, -0.2) is 4.79 Å². The standard InChI is InChI=1S/C15H17NO4/c1-16-8-10(6-14(16)17)9-20-15(18)12-2-3-13-11(7-12)4-5-19-13/h2-3,7,10H,4-6,8-9H2,1H3/t10-/m0/s1. The Morgan fingerprint density at radius 1 is 1.50 bits per heavy atom. The molecule has 20 heavy (non-hydrogen) atoms. The Morgan fingerprint density at radius 3 is 3.10 bits per heavy atom. The minimum absolute atomic E-state index is 0.106. The Bertz CT molecular complexity index is 555. The predicted molar refractivity (Wildman–Crippen MR) is 71.7 cm³/mol. The van der Waals surface area contributed by atoms with Crippen molar-refractivity contribution in [1.82, 2.24) is 4.90 Å². The van der Waals surface area contributed by atoms with Crippen molar-refractivity contribution in [2.24, 2.45) is 5.92 Å². The average Bonchev–Trinajstić information content (AvgIpc) is 3.02. The summed E-state index contributed by atoms with van der Waals surface area (Å²) >= 11 is 0. The Balaban J connectivity index is 1.58. The number of ether oxygens (including phenoxy) is 2. The summed E-state index contributed by atoms with van der Waals surface area (Å²) in [5, 5.41) is 0. The van der Waals surface area contributed by atoms with Crippen LogP contribution in [0.1, 0.15) is 22.3 Å². The Kier molecular flexibility index (Phi) is 3.34. The number of hydrogen-bond donors (Lipinski definition) is 0. The van der Waals surface area contributed by atoms with E-state index in [1.54, 1.807) is 18.0 Å². The summed E-state index contributed by atoms with van der Waals surface area (Å²) in [7, 11) is 1.77. The van der Waals surface area contributed by atoms with E-state index in [2.05, 4.69) is 0 Å². The van der Waals surface area contributed by atoms with E-state index in [4.69, 9.17) is 9.47 Å². The lowest BCUT2D eigenvalue weighted by Crippen LogP contribution is -2.20. The molecule has 0 bridgehead atoms. The first-order valence-corrected chi connectivity index (χ1v) is 6.80. The molecule has 3 rings (SSSR count). The van der Waals surface area contributed by atoms with Gasteiger partial charge in [0.1, 0.15) is 5.75 Å². The number of amides is 1. The molecule has 1 amide bonds. The molecule has 5 heteroatoms. The van der Waals surface area contributed by atoms with Gasteiger partial charge in [-0.2, -0.15) is 0 Å².